The van der Waals surface area contributed by atoms with E-state index < -0.39 is 17.3 Å². The van der Waals surface area contributed by atoms with Crippen LogP contribution in [0, 0.1) is 5.41 Å². The fourth-order valence-electron chi connectivity index (χ4n) is 4.94. The molecule has 1 aromatic rings. The van der Waals surface area contributed by atoms with Gasteiger partial charge in [0, 0.05) is 24.8 Å². The Morgan fingerprint density at radius 2 is 1.36 bits per heavy atom. The number of carbonyl (C=O) groups excluding carboxylic acids is 3. The third-order valence-corrected chi connectivity index (χ3v) is 7.62. The normalized spacial score (nSPS) is 17.5. The molecule has 44 heavy (non-hydrogen) atoms. The van der Waals surface area contributed by atoms with Crippen LogP contribution in [0.2, 0.25) is 0 Å². The van der Waals surface area contributed by atoms with E-state index in [-0.39, 0.29) is 30.7 Å². The second kappa shape index (κ2) is 20.1. The summed E-state index contributed by atoms with van der Waals surface area (Å²) in [4.78, 5) is 38.0. The van der Waals surface area contributed by atoms with Crippen LogP contribution >= 0.6 is 0 Å². The Morgan fingerprint density at radius 1 is 0.795 bits per heavy atom. The third kappa shape index (κ3) is 15.2. The second-order valence-corrected chi connectivity index (χ2v) is 12.8. The molecular weight excluding hydrogens is 554 g/mol. The fraction of sp³-hybridized carbons (Fsp3) is 0.639. The van der Waals surface area contributed by atoms with Crippen LogP contribution in [0.3, 0.4) is 0 Å². The number of rotatable bonds is 20. The number of ether oxygens (including phenoxy) is 2. The van der Waals surface area contributed by atoms with Crippen LogP contribution in [-0.4, -0.2) is 42.8 Å². The second-order valence-electron chi connectivity index (χ2n) is 12.8. The van der Waals surface area contributed by atoms with Crippen LogP contribution < -0.4 is 16.0 Å². The number of para-hydroxylation sites is 2. The van der Waals surface area contributed by atoms with Crippen molar-refractivity contribution < 1.29 is 23.9 Å². The predicted octanol–water partition coefficient (Wildman–Crippen LogP) is 8.06. The standard InChI is InChI=1S/C36H57N3O5/c1-6-7-8-9-10-11-12-13-14-15-16-17-18-19-20-25-31(40)38-29-23-21-22-24-30(29)39-32(41)26-27-37-34(42)33-35(2,3)28-43-36(4,5)44-33/h10-11,13-14,21-24,33H,6-9,12,15-20,25-28H2,1-5H3,(H,37,42)(H,38,40)(H,39,41)/b11-10-,14-13-. The van der Waals surface area contributed by atoms with Gasteiger partial charge in [0.25, 0.3) is 0 Å². The van der Waals surface area contributed by atoms with E-state index in [0.717, 1.165) is 32.1 Å². The van der Waals surface area contributed by atoms with Gasteiger partial charge in [-0.25, -0.2) is 0 Å². The number of hydrogen-bond donors (Lipinski definition) is 3. The molecule has 1 aliphatic rings. The summed E-state index contributed by atoms with van der Waals surface area (Å²) in [6.45, 7) is 10.2. The number of nitrogens with one attached hydrogen (secondary N) is 3. The van der Waals surface area contributed by atoms with Crippen molar-refractivity contribution in [2.45, 2.75) is 130 Å². The van der Waals surface area contributed by atoms with E-state index in [4.69, 9.17) is 9.47 Å². The largest absolute Gasteiger partial charge is 0.353 e. The summed E-state index contributed by atoms with van der Waals surface area (Å²) < 4.78 is 11.5. The zero-order chi connectivity index (χ0) is 32.3. The molecule has 246 valence electrons. The molecule has 0 aromatic heterocycles. The maximum Gasteiger partial charge on any atom is 0.249 e. The van der Waals surface area contributed by atoms with Crippen molar-refractivity contribution in [1.82, 2.24) is 5.32 Å². The molecule has 1 heterocycles. The van der Waals surface area contributed by atoms with E-state index in [9.17, 15) is 14.4 Å². The fourth-order valence-corrected chi connectivity index (χ4v) is 4.94. The average molecular weight is 612 g/mol. The third-order valence-electron chi connectivity index (χ3n) is 7.62. The number of allylic oxidation sites excluding steroid dienone is 4. The van der Waals surface area contributed by atoms with Gasteiger partial charge in [-0.2, -0.15) is 0 Å². The lowest BCUT2D eigenvalue weighted by molar-refractivity contribution is -0.304. The molecule has 0 radical (unpaired) electrons. The molecular formula is C36H57N3O5. The molecule has 3 amide bonds. The van der Waals surface area contributed by atoms with Crippen molar-refractivity contribution >= 4 is 29.1 Å². The topological polar surface area (TPSA) is 106 Å². The molecule has 1 aromatic carbocycles. The van der Waals surface area contributed by atoms with Crippen molar-refractivity contribution in [1.29, 1.82) is 0 Å². The first-order chi connectivity index (χ1) is 21.0. The predicted molar refractivity (Wildman–Crippen MR) is 179 cm³/mol. The Kier molecular flexibility index (Phi) is 17.0. The highest BCUT2D eigenvalue weighted by Crippen LogP contribution is 2.34. The van der Waals surface area contributed by atoms with Gasteiger partial charge in [-0.3, -0.25) is 14.4 Å². The minimum atomic E-state index is -0.842. The Bertz CT molecular complexity index is 1080. The molecule has 3 N–H and O–H groups in total. The number of benzene rings is 1. The van der Waals surface area contributed by atoms with Crippen molar-refractivity contribution in [3.8, 4) is 0 Å². The first-order valence-electron chi connectivity index (χ1n) is 16.6. The highest BCUT2D eigenvalue weighted by atomic mass is 16.7. The van der Waals surface area contributed by atoms with Gasteiger partial charge in [0.05, 0.1) is 18.0 Å². The lowest BCUT2D eigenvalue weighted by Gasteiger charge is -2.44. The van der Waals surface area contributed by atoms with Crippen molar-refractivity contribution in [2.75, 3.05) is 23.8 Å². The molecule has 0 bridgehead atoms. The lowest BCUT2D eigenvalue weighted by atomic mass is 9.85. The molecule has 8 heteroatoms. The summed E-state index contributed by atoms with van der Waals surface area (Å²) >= 11 is 0. The van der Waals surface area contributed by atoms with Gasteiger partial charge < -0.3 is 25.4 Å². The zero-order valence-electron chi connectivity index (χ0n) is 27.8. The Hall–Kier alpha value is -2.97. The smallest absolute Gasteiger partial charge is 0.249 e. The van der Waals surface area contributed by atoms with Crippen molar-refractivity contribution in [3.63, 3.8) is 0 Å². The molecule has 1 aliphatic heterocycles. The van der Waals surface area contributed by atoms with E-state index in [1.807, 2.05) is 19.9 Å². The number of amides is 3. The Labute approximate surface area is 265 Å². The van der Waals surface area contributed by atoms with Gasteiger partial charge in [-0.1, -0.05) is 89.3 Å². The van der Waals surface area contributed by atoms with Crippen LogP contribution in [0.5, 0.6) is 0 Å². The monoisotopic (exact) mass is 611 g/mol. The van der Waals surface area contributed by atoms with Crippen molar-refractivity contribution in [2.24, 2.45) is 5.41 Å². The molecule has 1 atom stereocenters. The minimum Gasteiger partial charge on any atom is -0.353 e. The molecule has 8 nitrogen and oxygen atoms in total. The molecule has 0 aliphatic carbocycles. The van der Waals surface area contributed by atoms with Crippen LogP contribution in [0.4, 0.5) is 11.4 Å². The van der Waals surface area contributed by atoms with E-state index in [0.29, 0.717) is 24.4 Å². The number of anilines is 2. The maximum absolute atomic E-state index is 12.8. The number of carbonyl (C=O) groups is 3. The Balaban J connectivity index is 1.61. The Morgan fingerprint density at radius 3 is 2.00 bits per heavy atom. The highest BCUT2D eigenvalue weighted by Gasteiger charge is 2.45. The lowest BCUT2D eigenvalue weighted by Crippen LogP contribution is -2.56. The molecule has 0 spiro atoms. The highest BCUT2D eigenvalue weighted by molar-refractivity contribution is 5.99. The first kappa shape index (κ1) is 37.2. The molecule has 1 unspecified atom stereocenters. The van der Waals surface area contributed by atoms with Crippen LogP contribution in [0.1, 0.15) is 118 Å². The van der Waals surface area contributed by atoms with Gasteiger partial charge >= 0.3 is 0 Å². The van der Waals surface area contributed by atoms with Crippen LogP contribution in [0.25, 0.3) is 0 Å². The number of hydrogen-bond acceptors (Lipinski definition) is 5. The average Bonchev–Trinajstić information content (AvgIpc) is 2.97. The van der Waals surface area contributed by atoms with E-state index in [1.54, 1.807) is 32.0 Å². The van der Waals surface area contributed by atoms with E-state index in [2.05, 4.69) is 47.2 Å². The van der Waals surface area contributed by atoms with Crippen LogP contribution in [0.15, 0.2) is 48.6 Å². The van der Waals surface area contributed by atoms with Gasteiger partial charge in [0.2, 0.25) is 17.7 Å². The maximum atomic E-state index is 12.8. The number of unbranched alkanes of at least 4 members (excludes halogenated alkanes) is 8. The minimum absolute atomic E-state index is 0.0633. The van der Waals surface area contributed by atoms with Gasteiger partial charge in [0.15, 0.2) is 5.79 Å². The summed E-state index contributed by atoms with van der Waals surface area (Å²) in [7, 11) is 0. The van der Waals surface area contributed by atoms with E-state index in [1.165, 1.54) is 38.5 Å². The zero-order valence-corrected chi connectivity index (χ0v) is 27.8. The SMILES string of the molecule is CCCCC/C=C\C/C=C\CCCCCCCC(=O)Nc1ccccc1NC(=O)CCNC(=O)C1OC(C)(C)OCC1(C)C. The van der Waals surface area contributed by atoms with Crippen LogP contribution in [-0.2, 0) is 23.9 Å². The van der Waals surface area contributed by atoms with Crippen molar-refractivity contribution in [3.05, 3.63) is 48.6 Å². The first-order valence-corrected chi connectivity index (χ1v) is 16.6. The quantitative estimate of drug-likeness (QED) is 0.102. The van der Waals surface area contributed by atoms with E-state index >= 15 is 0 Å². The summed E-state index contributed by atoms with van der Waals surface area (Å²) in [5.74, 6) is -1.43. The molecule has 1 fully saturated rings. The summed E-state index contributed by atoms with van der Waals surface area (Å²) in [6, 6.07) is 7.16. The molecule has 1 saturated heterocycles. The molecule has 0 saturated carbocycles. The summed E-state index contributed by atoms with van der Waals surface area (Å²) in [6.07, 6.45) is 21.5. The van der Waals surface area contributed by atoms with Gasteiger partial charge in [0.1, 0.15) is 6.10 Å². The summed E-state index contributed by atoms with van der Waals surface area (Å²) in [5.41, 5.74) is 0.617. The summed E-state index contributed by atoms with van der Waals surface area (Å²) in [5, 5.41) is 8.60. The molecule has 2 rings (SSSR count). The van der Waals surface area contributed by atoms with Gasteiger partial charge in [-0.15, -0.1) is 0 Å². The van der Waals surface area contributed by atoms with Gasteiger partial charge in [-0.05, 0) is 64.5 Å².